The molecule has 3 aromatic rings. The van der Waals surface area contributed by atoms with Gasteiger partial charge in [0.2, 0.25) is 0 Å². The first-order valence-electron chi connectivity index (χ1n) is 13.5. The summed E-state index contributed by atoms with van der Waals surface area (Å²) in [6.45, 7) is 9.34. The van der Waals surface area contributed by atoms with Gasteiger partial charge in [-0.2, -0.15) is 0 Å². The Labute approximate surface area is 232 Å². The molecule has 5 heteroatoms. The van der Waals surface area contributed by atoms with E-state index in [2.05, 4.69) is 56.2 Å². The molecule has 3 rings (SSSR count). The van der Waals surface area contributed by atoms with E-state index < -0.39 is 0 Å². The summed E-state index contributed by atoms with van der Waals surface area (Å²) in [7, 11) is 1.67. The van der Waals surface area contributed by atoms with Gasteiger partial charge in [0.1, 0.15) is 5.75 Å². The largest absolute Gasteiger partial charge is 0.497 e. The van der Waals surface area contributed by atoms with Gasteiger partial charge in [-0.05, 0) is 108 Å². The molecule has 0 atom stereocenters. The number of allylic oxidation sites excluding steroid dienone is 5. The topological polar surface area (TPSA) is 54.1 Å². The lowest BCUT2D eigenvalue weighted by atomic mass is 10.1. The first-order valence-corrected chi connectivity index (χ1v) is 14.4. The molecule has 1 aromatic heterocycles. The summed E-state index contributed by atoms with van der Waals surface area (Å²) in [5.74, 6) is 1.73. The Kier molecular flexibility index (Phi) is 11.8. The van der Waals surface area contributed by atoms with Crippen molar-refractivity contribution >= 4 is 28.6 Å². The number of benzene rings is 2. The van der Waals surface area contributed by atoms with Crippen molar-refractivity contribution in [3.05, 3.63) is 94.7 Å². The molecule has 202 valence electrons. The Morgan fingerprint density at radius 2 is 1.66 bits per heavy atom. The van der Waals surface area contributed by atoms with Gasteiger partial charge in [-0.1, -0.05) is 34.9 Å². The van der Waals surface area contributed by atoms with Crippen LogP contribution in [-0.4, -0.2) is 30.3 Å². The van der Waals surface area contributed by atoms with Crippen LogP contribution in [0.15, 0.2) is 88.5 Å². The van der Waals surface area contributed by atoms with Crippen molar-refractivity contribution in [1.82, 2.24) is 10.3 Å². The maximum absolute atomic E-state index is 12.6. The molecule has 0 saturated heterocycles. The molecule has 38 heavy (non-hydrogen) atoms. The molecule has 0 fully saturated rings. The van der Waals surface area contributed by atoms with E-state index in [1.807, 2.05) is 48.7 Å². The molecule has 1 heterocycles. The summed E-state index contributed by atoms with van der Waals surface area (Å²) in [6.07, 6.45) is 14.3. The minimum absolute atomic E-state index is 0.0427. The number of methoxy groups -OCH3 is 1. The van der Waals surface area contributed by atoms with Gasteiger partial charge in [-0.15, -0.1) is 11.8 Å². The maximum Gasteiger partial charge on any atom is 0.251 e. The molecule has 0 aliphatic rings. The molecule has 0 saturated carbocycles. The third-order valence-electron chi connectivity index (χ3n) is 6.58. The zero-order valence-electron chi connectivity index (χ0n) is 23.5. The summed E-state index contributed by atoms with van der Waals surface area (Å²) in [5, 5.41) is 4.17. The Morgan fingerprint density at radius 1 is 0.947 bits per heavy atom. The SMILES string of the molecule is COc1ccc2[nH]cc(CCNC(=O)c3ccc(SC/C=C(\C)CC/C=C(\C)CCC=C(C)C)cc3)c2c1. The van der Waals surface area contributed by atoms with E-state index in [0.717, 1.165) is 54.5 Å². The number of rotatable bonds is 14. The number of nitrogens with one attached hydrogen (secondary N) is 2. The molecule has 1 amide bonds. The number of ether oxygens (including phenoxy) is 1. The predicted molar refractivity (Wildman–Crippen MR) is 163 cm³/mol. The molecule has 0 radical (unpaired) electrons. The van der Waals surface area contributed by atoms with Crippen LogP contribution in [-0.2, 0) is 6.42 Å². The van der Waals surface area contributed by atoms with E-state index >= 15 is 0 Å². The lowest BCUT2D eigenvalue weighted by Gasteiger charge is -2.07. The molecule has 0 aliphatic heterocycles. The highest BCUT2D eigenvalue weighted by molar-refractivity contribution is 7.99. The maximum atomic E-state index is 12.6. The molecule has 4 nitrogen and oxygen atoms in total. The third-order valence-corrected chi connectivity index (χ3v) is 7.51. The molecule has 0 bridgehead atoms. The van der Waals surface area contributed by atoms with Crippen molar-refractivity contribution in [2.45, 2.75) is 64.7 Å². The van der Waals surface area contributed by atoms with Crippen LogP contribution in [0.25, 0.3) is 10.9 Å². The van der Waals surface area contributed by atoms with Gasteiger partial charge in [0.05, 0.1) is 7.11 Å². The van der Waals surface area contributed by atoms with Gasteiger partial charge in [0.25, 0.3) is 5.91 Å². The Morgan fingerprint density at radius 3 is 2.37 bits per heavy atom. The van der Waals surface area contributed by atoms with Gasteiger partial charge in [0, 0.05) is 39.9 Å². The standard InChI is InChI=1S/C33H42N2O2S/c1-24(2)8-6-9-25(3)10-7-11-26(4)19-21-38-30-15-12-27(13-16-30)33(36)34-20-18-28-23-35-32-17-14-29(37-5)22-31(28)32/h8,10,12-17,19,22-23,35H,6-7,9,11,18,20-21H2,1-5H3,(H,34,36)/b25-10+,26-19+. The lowest BCUT2D eigenvalue weighted by Crippen LogP contribution is -2.25. The normalized spacial score (nSPS) is 12.0. The second kappa shape index (κ2) is 15.3. The number of hydrogen-bond donors (Lipinski definition) is 2. The van der Waals surface area contributed by atoms with Gasteiger partial charge < -0.3 is 15.0 Å². The number of carbonyl (C=O) groups is 1. The molecular formula is C33H42N2O2S. The van der Waals surface area contributed by atoms with Crippen LogP contribution in [0.3, 0.4) is 0 Å². The first kappa shape index (κ1) is 29.4. The van der Waals surface area contributed by atoms with E-state index in [1.165, 1.54) is 27.2 Å². The minimum atomic E-state index is -0.0427. The fraction of sp³-hybridized carbons (Fsp3) is 0.364. The summed E-state index contributed by atoms with van der Waals surface area (Å²) in [4.78, 5) is 17.1. The number of thioether (sulfide) groups is 1. The average Bonchev–Trinajstić information content (AvgIpc) is 3.30. The van der Waals surface area contributed by atoms with Crippen molar-refractivity contribution in [2.75, 3.05) is 19.4 Å². The zero-order chi connectivity index (χ0) is 27.3. The first-order chi connectivity index (χ1) is 18.4. The molecule has 2 N–H and O–H groups in total. The van der Waals surface area contributed by atoms with E-state index in [4.69, 9.17) is 4.74 Å². The van der Waals surface area contributed by atoms with Gasteiger partial charge >= 0.3 is 0 Å². The van der Waals surface area contributed by atoms with Crippen molar-refractivity contribution < 1.29 is 9.53 Å². The average molecular weight is 531 g/mol. The Balaban J connectivity index is 1.38. The molecular weight excluding hydrogens is 488 g/mol. The van der Waals surface area contributed by atoms with Crippen molar-refractivity contribution in [3.63, 3.8) is 0 Å². The van der Waals surface area contributed by atoms with Crippen molar-refractivity contribution in [3.8, 4) is 5.75 Å². The highest BCUT2D eigenvalue weighted by Gasteiger charge is 2.08. The minimum Gasteiger partial charge on any atom is -0.497 e. The number of H-pyrrole nitrogens is 1. The van der Waals surface area contributed by atoms with Crippen LogP contribution in [0.4, 0.5) is 0 Å². The van der Waals surface area contributed by atoms with Crippen LogP contribution in [0.5, 0.6) is 5.75 Å². The number of aromatic nitrogens is 1. The van der Waals surface area contributed by atoms with Crippen LogP contribution < -0.4 is 10.1 Å². The second-order valence-electron chi connectivity index (χ2n) is 10.0. The summed E-state index contributed by atoms with van der Waals surface area (Å²) in [5.41, 5.74) is 7.23. The summed E-state index contributed by atoms with van der Waals surface area (Å²) in [6, 6.07) is 13.9. The second-order valence-corrected chi connectivity index (χ2v) is 11.1. The number of aromatic amines is 1. The number of carbonyl (C=O) groups excluding carboxylic acids is 1. The summed E-state index contributed by atoms with van der Waals surface area (Å²) >= 11 is 1.80. The summed E-state index contributed by atoms with van der Waals surface area (Å²) < 4.78 is 5.34. The highest BCUT2D eigenvalue weighted by atomic mass is 32.2. The zero-order valence-corrected chi connectivity index (χ0v) is 24.3. The quantitative estimate of drug-likeness (QED) is 0.162. The van der Waals surface area contributed by atoms with E-state index in [9.17, 15) is 4.79 Å². The van der Waals surface area contributed by atoms with Gasteiger partial charge in [-0.3, -0.25) is 4.79 Å². The molecule has 0 spiro atoms. The van der Waals surface area contributed by atoms with E-state index in [0.29, 0.717) is 12.1 Å². The van der Waals surface area contributed by atoms with E-state index in [-0.39, 0.29) is 5.91 Å². The third kappa shape index (κ3) is 9.60. The molecule has 0 unspecified atom stereocenters. The van der Waals surface area contributed by atoms with Crippen LogP contribution in [0, 0.1) is 0 Å². The lowest BCUT2D eigenvalue weighted by molar-refractivity contribution is 0.0954. The molecule has 0 aliphatic carbocycles. The van der Waals surface area contributed by atoms with Crippen molar-refractivity contribution in [1.29, 1.82) is 0 Å². The van der Waals surface area contributed by atoms with Crippen LogP contribution in [0.2, 0.25) is 0 Å². The van der Waals surface area contributed by atoms with E-state index in [1.54, 1.807) is 18.9 Å². The molecule has 2 aromatic carbocycles. The number of amides is 1. The smallest absolute Gasteiger partial charge is 0.251 e. The monoisotopic (exact) mass is 530 g/mol. The number of fused-ring (bicyclic) bond motifs is 1. The highest BCUT2D eigenvalue weighted by Crippen LogP contribution is 2.24. The van der Waals surface area contributed by atoms with Gasteiger partial charge in [-0.25, -0.2) is 0 Å². The van der Waals surface area contributed by atoms with Gasteiger partial charge in [0.15, 0.2) is 0 Å². The van der Waals surface area contributed by atoms with Crippen molar-refractivity contribution in [2.24, 2.45) is 0 Å². The fourth-order valence-electron chi connectivity index (χ4n) is 4.23. The van der Waals surface area contributed by atoms with Crippen LogP contribution in [0.1, 0.15) is 69.3 Å². The number of hydrogen-bond acceptors (Lipinski definition) is 3. The predicted octanol–water partition coefficient (Wildman–Crippen LogP) is 8.66. The Bertz CT molecular complexity index is 1280. The van der Waals surface area contributed by atoms with Crippen LogP contribution >= 0.6 is 11.8 Å². The fourth-order valence-corrected chi connectivity index (χ4v) is 5.11. The Hall–Kier alpha value is -3.18.